The molecule has 2 aliphatic heterocycles. The van der Waals surface area contributed by atoms with Crippen molar-refractivity contribution in [3.8, 4) is 22.4 Å². The summed E-state index contributed by atoms with van der Waals surface area (Å²) in [5.74, 6) is 2.16. The average molecular weight is 469 g/mol. The molecule has 2 aromatic carbocycles. The quantitative estimate of drug-likeness (QED) is 0.532. The molecule has 2 aliphatic rings. The zero-order chi connectivity index (χ0) is 23.0. The smallest absolute Gasteiger partial charge is 0.274 e. The molecule has 7 nitrogen and oxygen atoms in total. The highest BCUT2D eigenvalue weighted by atomic mass is 32.1. The molecule has 1 amide bonds. The molecule has 174 valence electrons. The molecule has 8 heteroatoms. The van der Waals surface area contributed by atoms with Crippen LogP contribution in [0.3, 0.4) is 0 Å². The number of hydrogen-bond acceptors (Lipinski definition) is 7. The van der Waals surface area contributed by atoms with Crippen LogP contribution >= 0.6 is 11.3 Å². The second-order valence-corrected chi connectivity index (χ2v) is 10.1. The Hall–Kier alpha value is -3.00. The minimum absolute atomic E-state index is 0.00542. The van der Waals surface area contributed by atoms with Crippen molar-refractivity contribution >= 4 is 27.5 Å². The number of piperidine rings is 1. The van der Waals surface area contributed by atoms with Gasteiger partial charge in [-0.15, -0.1) is 0 Å². The van der Waals surface area contributed by atoms with Gasteiger partial charge in [-0.3, -0.25) is 4.79 Å². The van der Waals surface area contributed by atoms with Gasteiger partial charge < -0.3 is 23.8 Å². The maximum atomic E-state index is 12.7. The number of thiazole rings is 1. The van der Waals surface area contributed by atoms with Gasteiger partial charge in [-0.2, -0.15) is 0 Å². The Labute approximate surface area is 197 Å². The van der Waals surface area contributed by atoms with Gasteiger partial charge >= 0.3 is 0 Å². The fourth-order valence-electron chi connectivity index (χ4n) is 4.36. The van der Waals surface area contributed by atoms with Crippen molar-refractivity contribution in [2.75, 3.05) is 26.8 Å². The van der Waals surface area contributed by atoms with Gasteiger partial charge in [0.15, 0.2) is 18.1 Å². The number of amides is 1. The van der Waals surface area contributed by atoms with E-state index in [-0.39, 0.29) is 24.2 Å². The largest absolute Gasteiger partial charge is 0.497 e. The van der Waals surface area contributed by atoms with Crippen LogP contribution in [0.1, 0.15) is 32.3 Å². The number of likely N-dealkylation sites (tertiary alicyclic amines) is 1. The first-order valence-corrected chi connectivity index (χ1v) is 12.0. The van der Waals surface area contributed by atoms with E-state index in [0.717, 1.165) is 46.5 Å². The standard InChI is InChI=1S/C25H28N2O5S/c1-25(2)14-16-5-4-6-20(23(16)32-25)30-15-22(28)27-11-9-17(10-12-27)31-24-26-19-13-18(29-3)7-8-21(19)33-24/h4-8,13,17H,9-12,14-15H2,1-3H3. The zero-order valence-electron chi connectivity index (χ0n) is 19.1. The molecule has 3 aromatic rings. The zero-order valence-corrected chi connectivity index (χ0v) is 19.9. The summed E-state index contributed by atoms with van der Waals surface area (Å²) >= 11 is 1.53. The van der Waals surface area contributed by atoms with Gasteiger partial charge in [0.25, 0.3) is 11.1 Å². The van der Waals surface area contributed by atoms with Crippen LogP contribution in [-0.2, 0) is 11.2 Å². The summed E-state index contributed by atoms with van der Waals surface area (Å²) in [7, 11) is 1.64. The van der Waals surface area contributed by atoms with E-state index in [9.17, 15) is 4.79 Å². The van der Waals surface area contributed by atoms with Crippen LogP contribution in [0.4, 0.5) is 0 Å². The van der Waals surface area contributed by atoms with Crippen LogP contribution in [0.5, 0.6) is 22.4 Å². The molecule has 0 N–H and O–H groups in total. The number of aromatic nitrogens is 1. The molecule has 0 saturated carbocycles. The van der Waals surface area contributed by atoms with Gasteiger partial charge in [0.05, 0.1) is 17.3 Å². The highest BCUT2D eigenvalue weighted by Crippen LogP contribution is 2.41. The van der Waals surface area contributed by atoms with Crippen LogP contribution in [0, 0.1) is 0 Å². The summed E-state index contributed by atoms with van der Waals surface area (Å²) in [6.07, 6.45) is 2.42. The van der Waals surface area contributed by atoms with Crippen molar-refractivity contribution < 1.29 is 23.7 Å². The first kappa shape index (κ1) is 21.8. The van der Waals surface area contributed by atoms with E-state index in [1.807, 2.05) is 41.3 Å². The molecule has 0 aliphatic carbocycles. The molecule has 1 aromatic heterocycles. The van der Waals surface area contributed by atoms with E-state index >= 15 is 0 Å². The van der Waals surface area contributed by atoms with E-state index < -0.39 is 0 Å². The number of carbonyl (C=O) groups is 1. The van der Waals surface area contributed by atoms with Crippen molar-refractivity contribution in [1.82, 2.24) is 9.88 Å². The second kappa shape index (κ2) is 8.74. The van der Waals surface area contributed by atoms with Crippen molar-refractivity contribution in [2.24, 2.45) is 0 Å². The third-order valence-corrected chi connectivity index (χ3v) is 6.97. The van der Waals surface area contributed by atoms with Crippen molar-refractivity contribution in [2.45, 2.75) is 44.8 Å². The van der Waals surface area contributed by atoms with Gasteiger partial charge in [-0.25, -0.2) is 4.98 Å². The average Bonchev–Trinajstić information content (AvgIpc) is 3.35. The predicted molar refractivity (Wildman–Crippen MR) is 127 cm³/mol. The number of nitrogens with zero attached hydrogens (tertiary/aromatic N) is 2. The van der Waals surface area contributed by atoms with Crippen LogP contribution in [0.25, 0.3) is 10.2 Å². The normalized spacial score (nSPS) is 17.5. The summed E-state index contributed by atoms with van der Waals surface area (Å²) in [6.45, 7) is 5.40. The fourth-order valence-corrected chi connectivity index (χ4v) is 5.22. The fraction of sp³-hybridized carbons (Fsp3) is 0.440. The Balaban J connectivity index is 1.13. The molecule has 3 heterocycles. The summed E-state index contributed by atoms with van der Waals surface area (Å²) in [6, 6.07) is 11.7. The Morgan fingerprint density at radius 1 is 1.24 bits per heavy atom. The first-order chi connectivity index (χ1) is 15.9. The van der Waals surface area contributed by atoms with Crippen molar-refractivity contribution in [1.29, 1.82) is 0 Å². The number of benzene rings is 2. The minimum atomic E-state index is -0.247. The van der Waals surface area contributed by atoms with Crippen LogP contribution in [0.15, 0.2) is 36.4 Å². The number of hydrogen-bond donors (Lipinski definition) is 0. The summed E-state index contributed by atoms with van der Waals surface area (Å²) in [4.78, 5) is 19.2. The third kappa shape index (κ3) is 4.71. The lowest BCUT2D eigenvalue weighted by Crippen LogP contribution is -2.43. The topological polar surface area (TPSA) is 70.1 Å². The van der Waals surface area contributed by atoms with E-state index in [4.69, 9.17) is 18.9 Å². The Morgan fingerprint density at radius 2 is 2.06 bits per heavy atom. The summed E-state index contributed by atoms with van der Waals surface area (Å²) < 4.78 is 24.3. The lowest BCUT2D eigenvalue weighted by molar-refractivity contribution is -0.135. The number of carbonyl (C=O) groups excluding carboxylic acids is 1. The molecule has 33 heavy (non-hydrogen) atoms. The SMILES string of the molecule is COc1ccc2sc(OC3CCN(C(=O)COc4cccc5c4OC(C)(C)C5)CC3)nc2c1. The summed E-state index contributed by atoms with van der Waals surface area (Å²) in [5, 5.41) is 0.659. The Morgan fingerprint density at radius 3 is 2.85 bits per heavy atom. The molecular formula is C25H28N2O5S. The second-order valence-electron chi connectivity index (χ2n) is 9.08. The molecule has 0 unspecified atom stereocenters. The number of fused-ring (bicyclic) bond motifs is 2. The monoisotopic (exact) mass is 468 g/mol. The van der Waals surface area contributed by atoms with Crippen LogP contribution in [-0.4, -0.2) is 54.3 Å². The number of rotatable bonds is 6. The predicted octanol–water partition coefficient (Wildman–Crippen LogP) is 4.47. The molecule has 0 spiro atoms. The van der Waals surface area contributed by atoms with Gasteiger partial charge in [-0.05, 0) is 32.0 Å². The lowest BCUT2D eigenvalue weighted by Gasteiger charge is -2.31. The number of ether oxygens (including phenoxy) is 4. The highest BCUT2D eigenvalue weighted by molar-refractivity contribution is 7.20. The number of para-hydroxylation sites is 1. The molecule has 0 atom stereocenters. The third-order valence-electron chi connectivity index (χ3n) is 6.04. The van der Waals surface area contributed by atoms with Gasteiger partial charge in [-0.1, -0.05) is 23.5 Å². The van der Waals surface area contributed by atoms with Crippen LogP contribution < -0.4 is 18.9 Å². The first-order valence-electron chi connectivity index (χ1n) is 11.2. The molecular weight excluding hydrogens is 440 g/mol. The van der Waals surface area contributed by atoms with Crippen LogP contribution in [0.2, 0.25) is 0 Å². The molecule has 1 saturated heterocycles. The van der Waals surface area contributed by atoms with E-state index in [2.05, 4.69) is 18.8 Å². The molecule has 5 rings (SSSR count). The van der Waals surface area contributed by atoms with Gasteiger partial charge in [0, 0.05) is 44.0 Å². The maximum Gasteiger partial charge on any atom is 0.274 e. The molecule has 1 fully saturated rings. The van der Waals surface area contributed by atoms with Gasteiger partial charge in [0.2, 0.25) is 0 Å². The highest BCUT2D eigenvalue weighted by Gasteiger charge is 2.32. The molecule has 0 bridgehead atoms. The van der Waals surface area contributed by atoms with E-state index in [1.165, 1.54) is 11.3 Å². The minimum Gasteiger partial charge on any atom is -0.497 e. The van der Waals surface area contributed by atoms with E-state index in [1.54, 1.807) is 7.11 Å². The Bertz CT molecular complexity index is 1170. The van der Waals surface area contributed by atoms with Crippen molar-refractivity contribution in [3.63, 3.8) is 0 Å². The number of methoxy groups -OCH3 is 1. The Kier molecular flexibility index (Phi) is 5.78. The molecule has 0 radical (unpaired) electrons. The summed E-state index contributed by atoms with van der Waals surface area (Å²) in [5.41, 5.74) is 1.75. The van der Waals surface area contributed by atoms with E-state index in [0.29, 0.717) is 24.0 Å². The lowest BCUT2D eigenvalue weighted by atomic mass is 10.0. The van der Waals surface area contributed by atoms with Crippen molar-refractivity contribution in [3.05, 3.63) is 42.0 Å². The van der Waals surface area contributed by atoms with Gasteiger partial charge in [0.1, 0.15) is 17.5 Å². The maximum absolute atomic E-state index is 12.7.